The first-order chi connectivity index (χ1) is 13.1. The van der Waals surface area contributed by atoms with Crippen LogP contribution < -0.4 is 0 Å². The Morgan fingerprint density at radius 1 is 1.15 bits per heavy atom. The molecule has 1 amide bonds. The molecule has 1 aromatic carbocycles. The highest BCUT2D eigenvalue weighted by Gasteiger charge is 2.26. The summed E-state index contributed by atoms with van der Waals surface area (Å²) >= 11 is 0. The van der Waals surface area contributed by atoms with Crippen molar-refractivity contribution in [1.82, 2.24) is 19.8 Å². The van der Waals surface area contributed by atoms with Crippen molar-refractivity contribution in [1.29, 1.82) is 0 Å². The third-order valence-electron chi connectivity index (χ3n) is 5.83. The van der Waals surface area contributed by atoms with Gasteiger partial charge in [-0.3, -0.25) is 4.79 Å². The Balaban J connectivity index is 1.35. The Kier molecular flexibility index (Phi) is 5.21. The number of aryl methyl sites for hydroxylation is 1. The van der Waals surface area contributed by atoms with Crippen LogP contribution in [0.5, 0.6) is 0 Å². The van der Waals surface area contributed by atoms with Gasteiger partial charge in [0.2, 0.25) is 5.91 Å². The molecule has 0 aliphatic carbocycles. The first-order valence-electron chi connectivity index (χ1n) is 9.95. The van der Waals surface area contributed by atoms with E-state index in [1.54, 1.807) is 0 Å². The first-order valence-corrected chi connectivity index (χ1v) is 9.95. The lowest BCUT2D eigenvalue weighted by molar-refractivity contribution is -0.131. The van der Waals surface area contributed by atoms with Crippen molar-refractivity contribution in [3.8, 4) is 0 Å². The van der Waals surface area contributed by atoms with Gasteiger partial charge in [-0.05, 0) is 32.4 Å². The molecular formula is C22H28N4O. The van der Waals surface area contributed by atoms with Crippen molar-refractivity contribution in [2.24, 2.45) is 0 Å². The second-order valence-electron chi connectivity index (χ2n) is 8.01. The summed E-state index contributed by atoms with van der Waals surface area (Å²) in [5, 5.41) is 0. The number of rotatable bonds is 3. The number of amides is 1. The van der Waals surface area contributed by atoms with Crippen LogP contribution >= 0.6 is 0 Å². The molecule has 0 N–H and O–H groups in total. The lowest BCUT2D eigenvalue weighted by Gasteiger charge is -2.32. The molecular weight excluding hydrogens is 336 g/mol. The molecule has 0 radical (unpaired) electrons. The summed E-state index contributed by atoms with van der Waals surface area (Å²) in [5.41, 5.74) is 4.80. The van der Waals surface area contributed by atoms with Gasteiger partial charge in [0.15, 0.2) is 0 Å². The average molecular weight is 364 g/mol. The number of nitrogens with zero attached hydrogens (tertiary/aromatic N) is 4. The van der Waals surface area contributed by atoms with Crippen LogP contribution in [0.25, 0.3) is 0 Å². The van der Waals surface area contributed by atoms with E-state index in [2.05, 4.69) is 48.1 Å². The van der Waals surface area contributed by atoms with Crippen LogP contribution in [-0.2, 0) is 24.2 Å². The van der Waals surface area contributed by atoms with Crippen molar-refractivity contribution in [3.63, 3.8) is 0 Å². The van der Waals surface area contributed by atoms with E-state index in [0.717, 1.165) is 56.8 Å². The third kappa shape index (κ3) is 4.19. The van der Waals surface area contributed by atoms with E-state index in [-0.39, 0.29) is 5.91 Å². The number of carbonyl (C=O) groups is 1. The van der Waals surface area contributed by atoms with Crippen molar-refractivity contribution < 1.29 is 4.79 Å². The molecule has 5 nitrogen and oxygen atoms in total. The molecule has 2 aromatic rings. The smallest absolute Gasteiger partial charge is 0.226 e. The van der Waals surface area contributed by atoms with E-state index in [1.165, 1.54) is 16.8 Å². The molecule has 0 bridgehead atoms. The van der Waals surface area contributed by atoms with Gasteiger partial charge in [0, 0.05) is 56.0 Å². The van der Waals surface area contributed by atoms with Crippen molar-refractivity contribution in [3.05, 3.63) is 58.7 Å². The van der Waals surface area contributed by atoms with Gasteiger partial charge in [-0.25, -0.2) is 9.97 Å². The highest BCUT2D eigenvalue weighted by Crippen LogP contribution is 2.27. The fourth-order valence-electron chi connectivity index (χ4n) is 4.05. The first kappa shape index (κ1) is 18.1. The second-order valence-corrected chi connectivity index (χ2v) is 8.01. The molecule has 142 valence electrons. The lowest BCUT2D eigenvalue weighted by atomic mass is 9.95. The van der Waals surface area contributed by atoms with Gasteiger partial charge in [0.25, 0.3) is 0 Å². The van der Waals surface area contributed by atoms with Crippen LogP contribution in [0.15, 0.2) is 30.5 Å². The van der Waals surface area contributed by atoms with Crippen LogP contribution in [0, 0.1) is 6.92 Å². The van der Waals surface area contributed by atoms with E-state index in [4.69, 9.17) is 4.98 Å². The topological polar surface area (TPSA) is 49.3 Å². The molecule has 5 heteroatoms. The largest absolute Gasteiger partial charge is 0.342 e. The molecule has 2 aliphatic rings. The van der Waals surface area contributed by atoms with E-state index in [0.29, 0.717) is 12.3 Å². The Bertz CT molecular complexity index is 810. The predicted octanol–water partition coefficient (Wildman–Crippen LogP) is 2.72. The summed E-state index contributed by atoms with van der Waals surface area (Å²) in [6.45, 7) is 5.69. The Morgan fingerprint density at radius 2 is 1.89 bits per heavy atom. The van der Waals surface area contributed by atoms with Gasteiger partial charge in [0.1, 0.15) is 5.82 Å². The van der Waals surface area contributed by atoms with Crippen LogP contribution in [0.4, 0.5) is 0 Å². The maximum Gasteiger partial charge on any atom is 0.226 e. The van der Waals surface area contributed by atoms with E-state index < -0.39 is 0 Å². The minimum absolute atomic E-state index is 0.228. The van der Waals surface area contributed by atoms with Gasteiger partial charge in [-0.1, -0.05) is 29.8 Å². The maximum absolute atomic E-state index is 12.6. The normalized spacial score (nSPS) is 18.4. The molecule has 0 atom stereocenters. The summed E-state index contributed by atoms with van der Waals surface area (Å²) in [4.78, 5) is 26.5. The van der Waals surface area contributed by atoms with Gasteiger partial charge < -0.3 is 9.80 Å². The molecule has 2 aliphatic heterocycles. The summed E-state index contributed by atoms with van der Waals surface area (Å²) in [6, 6.07) is 8.25. The number of hydrogen-bond donors (Lipinski definition) is 0. The molecule has 27 heavy (non-hydrogen) atoms. The second kappa shape index (κ2) is 7.77. The number of hydrogen-bond acceptors (Lipinski definition) is 4. The maximum atomic E-state index is 12.6. The number of likely N-dealkylation sites (tertiary alicyclic amines) is 1. The number of fused-ring (bicyclic) bond motifs is 1. The minimum Gasteiger partial charge on any atom is -0.342 e. The molecule has 0 saturated carbocycles. The van der Waals surface area contributed by atoms with Crippen LogP contribution in [0.3, 0.4) is 0 Å². The molecule has 4 rings (SSSR count). The Labute approximate surface area is 161 Å². The van der Waals surface area contributed by atoms with Gasteiger partial charge >= 0.3 is 0 Å². The van der Waals surface area contributed by atoms with Gasteiger partial charge in [-0.2, -0.15) is 0 Å². The third-order valence-corrected chi connectivity index (χ3v) is 5.83. The van der Waals surface area contributed by atoms with Crippen molar-refractivity contribution in [2.75, 3.05) is 26.7 Å². The summed E-state index contributed by atoms with van der Waals surface area (Å²) in [7, 11) is 2.14. The summed E-state index contributed by atoms with van der Waals surface area (Å²) < 4.78 is 0. The Morgan fingerprint density at radius 3 is 2.63 bits per heavy atom. The summed E-state index contributed by atoms with van der Waals surface area (Å²) in [6.07, 6.45) is 5.43. The van der Waals surface area contributed by atoms with Crippen LogP contribution in [0.1, 0.15) is 47.0 Å². The van der Waals surface area contributed by atoms with Crippen LogP contribution in [-0.4, -0.2) is 52.4 Å². The zero-order valence-electron chi connectivity index (χ0n) is 16.3. The number of benzene rings is 1. The zero-order chi connectivity index (χ0) is 18.8. The number of carbonyl (C=O) groups excluding carboxylic acids is 1. The standard InChI is InChI=1S/C22H28N4O/c1-16-3-5-17(6-4-16)13-21(27)26-11-7-18(8-12-26)22-23-14-19-15-25(2)10-9-20(19)24-22/h3-6,14,18H,7-13,15H2,1-2H3. The quantitative estimate of drug-likeness (QED) is 0.840. The van der Waals surface area contributed by atoms with Crippen molar-refractivity contribution in [2.45, 2.75) is 45.1 Å². The van der Waals surface area contributed by atoms with E-state index >= 15 is 0 Å². The minimum atomic E-state index is 0.228. The lowest BCUT2D eigenvalue weighted by Crippen LogP contribution is -2.39. The number of likely N-dealkylation sites (N-methyl/N-ethyl adjacent to an activating group) is 1. The highest BCUT2D eigenvalue weighted by atomic mass is 16.2. The molecule has 1 fully saturated rings. The zero-order valence-corrected chi connectivity index (χ0v) is 16.3. The molecule has 1 aromatic heterocycles. The monoisotopic (exact) mass is 364 g/mol. The molecule has 0 spiro atoms. The number of aromatic nitrogens is 2. The molecule has 3 heterocycles. The van der Waals surface area contributed by atoms with Crippen LogP contribution in [0.2, 0.25) is 0 Å². The van der Waals surface area contributed by atoms with E-state index in [9.17, 15) is 4.79 Å². The predicted molar refractivity (Wildman–Crippen MR) is 106 cm³/mol. The summed E-state index contributed by atoms with van der Waals surface area (Å²) in [5.74, 6) is 1.58. The van der Waals surface area contributed by atoms with Gasteiger partial charge in [0.05, 0.1) is 6.42 Å². The average Bonchev–Trinajstić information content (AvgIpc) is 2.69. The van der Waals surface area contributed by atoms with Gasteiger partial charge in [-0.15, -0.1) is 0 Å². The fraction of sp³-hybridized carbons (Fsp3) is 0.500. The SMILES string of the molecule is Cc1ccc(CC(=O)N2CCC(c3ncc4c(n3)CCN(C)C4)CC2)cc1. The highest BCUT2D eigenvalue weighted by molar-refractivity contribution is 5.78. The molecule has 1 saturated heterocycles. The molecule has 0 unspecified atom stereocenters. The van der Waals surface area contributed by atoms with Crippen molar-refractivity contribution >= 4 is 5.91 Å². The Hall–Kier alpha value is -2.27. The number of piperidine rings is 1. The van der Waals surface area contributed by atoms with E-state index in [1.807, 2.05) is 11.1 Å². The fourth-order valence-corrected chi connectivity index (χ4v) is 4.05.